The van der Waals surface area contributed by atoms with Crippen LogP contribution in [0.3, 0.4) is 0 Å². The summed E-state index contributed by atoms with van der Waals surface area (Å²) in [5.41, 5.74) is 2.47. The van der Waals surface area contributed by atoms with E-state index in [1.165, 1.54) is 0 Å². The summed E-state index contributed by atoms with van der Waals surface area (Å²) in [5, 5.41) is 5.40. The highest BCUT2D eigenvalue weighted by atomic mass is 35.5. The van der Waals surface area contributed by atoms with Crippen molar-refractivity contribution in [3.8, 4) is 28.5 Å². The van der Waals surface area contributed by atoms with Crippen molar-refractivity contribution in [2.75, 3.05) is 13.7 Å². The van der Waals surface area contributed by atoms with E-state index in [2.05, 4.69) is 22.0 Å². The van der Waals surface area contributed by atoms with Crippen molar-refractivity contribution in [2.45, 2.75) is 56.5 Å². The highest BCUT2D eigenvalue weighted by Crippen LogP contribution is 2.50. The third kappa shape index (κ3) is 5.03. The van der Waals surface area contributed by atoms with Crippen molar-refractivity contribution in [1.29, 1.82) is 0 Å². The Kier molecular flexibility index (Phi) is 7.09. The van der Waals surface area contributed by atoms with Crippen LogP contribution in [0.5, 0.6) is 5.75 Å². The second kappa shape index (κ2) is 10.8. The third-order valence-corrected chi connectivity index (χ3v) is 8.38. The van der Waals surface area contributed by atoms with E-state index in [0.29, 0.717) is 35.5 Å². The topological polar surface area (TPSA) is 73.1 Å². The van der Waals surface area contributed by atoms with Gasteiger partial charge in [-0.2, -0.15) is 5.10 Å². The van der Waals surface area contributed by atoms with Crippen LogP contribution in [0.15, 0.2) is 73.1 Å². The predicted octanol–water partition coefficient (Wildman–Crippen LogP) is 6.17. The van der Waals surface area contributed by atoms with Crippen molar-refractivity contribution in [3.05, 3.63) is 83.6 Å². The quantitative estimate of drug-likeness (QED) is 0.253. The van der Waals surface area contributed by atoms with Crippen LogP contribution in [0.2, 0.25) is 5.02 Å². The molecule has 2 saturated carbocycles. The fraction of sp³-hybridized carbons (Fsp3) is 0.355. The average molecular weight is 542 g/mol. The van der Waals surface area contributed by atoms with Crippen LogP contribution < -0.4 is 4.74 Å². The van der Waals surface area contributed by atoms with E-state index in [1.54, 1.807) is 19.5 Å². The molecule has 39 heavy (non-hydrogen) atoms. The van der Waals surface area contributed by atoms with Crippen LogP contribution in [-0.2, 0) is 16.8 Å². The molecule has 0 saturated heterocycles. The van der Waals surface area contributed by atoms with Gasteiger partial charge < -0.3 is 9.64 Å². The third-order valence-electron chi connectivity index (χ3n) is 8.09. The number of ether oxygens (including phenoxy) is 1. The molecule has 0 spiro atoms. The zero-order valence-electron chi connectivity index (χ0n) is 22.1. The maximum absolute atomic E-state index is 14.2. The summed E-state index contributed by atoms with van der Waals surface area (Å²) in [6.07, 6.45) is 9.72. The normalized spacial score (nSPS) is 16.3. The Labute approximate surface area is 233 Å². The molecular formula is C31H32ClN5O2. The van der Waals surface area contributed by atoms with Gasteiger partial charge in [0.1, 0.15) is 5.75 Å². The minimum absolute atomic E-state index is 0.254. The number of carbonyl (C=O) groups excluding carboxylic acids is 1. The Hall–Kier alpha value is -3.71. The van der Waals surface area contributed by atoms with Crippen LogP contribution >= 0.6 is 11.6 Å². The number of pyridine rings is 1. The van der Waals surface area contributed by atoms with Gasteiger partial charge in [-0.1, -0.05) is 54.8 Å². The summed E-state index contributed by atoms with van der Waals surface area (Å²) in [4.78, 5) is 25.3. The molecule has 0 atom stereocenters. The molecular weight excluding hydrogens is 510 g/mol. The Morgan fingerprint density at radius 2 is 1.79 bits per heavy atom. The number of amides is 1. The van der Waals surface area contributed by atoms with E-state index in [9.17, 15) is 4.79 Å². The number of hydrogen-bond donors (Lipinski definition) is 0. The zero-order chi connectivity index (χ0) is 26.8. The molecule has 6 rings (SSSR count). The maximum Gasteiger partial charge on any atom is 0.233 e. The Bertz CT molecular complexity index is 1450. The second-order valence-corrected chi connectivity index (χ2v) is 10.9. The van der Waals surface area contributed by atoms with Gasteiger partial charge in [0.2, 0.25) is 5.91 Å². The lowest BCUT2D eigenvalue weighted by Crippen LogP contribution is -2.46. The van der Waals surface area contributed by atoms with Gasteiger partial charge in [0.25, 0.3) is 0 Å². The number of halogens is 1. The van der Waals surface area contributed by atoms with E-state index >= 15 is 0 Å². The Balaban J connectivity index is 1.33. The molecule has 1 amide bonds. The van der Waals surface area contributed by atoms with Crippen LogP contribution in [-0.4, -0.2) is 50.3 Å². The van der Waals surface area contributed by atoms with E-state index < -0.39 is 0 Å². The maximum atomic E-state index is 14.2. The number of hydrogen-bond acceptors (Lipinski definition) is 5. The number of carbonyl (C=O) groups is 1. The molecule has 2 aromatic heterocycles. The predicted molar refractivity (Wildman–Crippen MR) is 152 cm³/mol. The van der Waals surface area contributed by atoms with Gasteiger partial charge in [0.05, 0.1) is 24.1 Å². The van der Waals surface area contributed by atoms with Crippen molar-refractivity contribution in [2.24, 2.45) is 0 Å². The Morgan fingerprint density at radius 3 is 2.46 bits per heavy atom. The molecule has 4 aromatic rings. The highest BCUT2D eigenvalue weighted by Gasteiger charge is 2.53. The summed E-state index contributed by atoms with van der Waals surface area (Å²) in [6, 6.07) is 20.0. The standard InChI is InChI=1S/C31H32ClN5O2/c1-39-27-12-11-23(21-26(27)32)29-34-28(22-13-17-33-18-14-22)35-37(29)20-19-36(25-9-5-6-10-25)30(38)31(15-16-31)24-7-3-2-4-8-24/h2-4,7-8,11-14,17-18,21,25H,5-6,9-10,15-16,19-20H2,1H3. The average Bonchev–Trinajstić information content (AvgIpc) is 3.40. The van der Waals surface area contributed by atoms with Gasteiger partial charge in [-0.25, -0.2) is 9.67 Å². The first-order valence-corrected chi connectivity index (χ1v) is 14.0. The summed E-state index contributed by atoms with van der Waals surface area (Å²) < 4.78 is 7.26. The van der Waals surface area contributed by atoms with Gasteiger partial charge in [-0.15, -0.1) is 0 Å². The zero-order valence-corrected chi connectivity index (χ0v) is 22.8. The highest BCUT2D eigenvalue weighted by molar-refractivity contribution is 6.32. The van der Waals surface area contributed by atoms with E-state index in [4.69, 9.17) is 26.4 Å². The lowest BCUT2D eigenvalue weighted by molar-refractivity contribution is -0.136. The lowest BCUT2D eigenvalue weighted by Gasteiger charge is -2.33. The number of methoxy groups -OCH3 is 1. The summed E-state index contributed by atoms with van der Waals surface area (Å²) >= 11 is 6.48. The number of benzene rings is 2. The molecule has 0 N–H and O–H groups in total. The van der Waals surface area contributed by atoms with Gasteiger partial charge in [-0.3, -0.25) is 9.78 Å². The number of nitrogens with zero attached hydrogens (tertiary/aromatic N) is 5. The summed E-state index contributed by atoms with van der Waals surface area (Å²) in [7, 11) is 1.60. The van der Waals surface area contributed by atoms with E-state index in [0.717, 1.165) is 55.2 Å². The Morgan fingerprint density at radius 1 is 1.05 bits per heavy atom. The van der Waals surface area contributed by atoms with E-state index in [-0.39, 0.29) is 17.4 Å². The summed E-state index contributed by atoms with van der Waals surface area (Å²) in [5.74, 6) is 2.18. The molecule has 200 valence electrons. The van der Waals surface area contributed by atoms with Crippen molar-refractivity contribution < 1.29 is 9.53 Å². The van der Waals surface area contributed by atoms with E-state index in [1.807, 2.05) is 53.2 Å². The molecule has 2 heterocycles. The van der Waals surface area contributed by atoms with Crippen LogP contribution in [0.25, 0.3) is 22.8 Å². The first kappa shape index (κ1) is 25.6. The van der Waals surface area contributed by atoms with Gasteiger partial charge in [0, 0.05) is 36.1 Å². The molecule has 2 aromatic carbocycles. The first-order valence-electron chi connectivity index (χ1n) is 13.6. The minimum atomic E-state index is -0.388. The molecule has 2 fully saturated rings. The van der Waals surface area contributed by atoms with Crippen molar-refractivity contribution in [1.82, 2.24) is 24.6 Å². The van der Waals surface area contributed by atoms with Crippen molar-refractivity contribution in [3.63, 3.8) is 0 Å². The minimum Gasteiger partial charge on any atom is -0.495 e. The second-order valence-electron chi connectivity index (χ2n) is 10.5. The largest absolute Gasteiger partial charge is 0.495 e. The van der Waals surface area contributed by atoms with Gasteiger partial charge in [-0.05, 0) is 61.6 Å². The SMILES string of the molecule is COc1ccc(-c2nc(-c3ccncc3)nn2CCN(C(=O)C2(c3ccccc3)CC2)C2CCCC2)cc1Cl. The van der Waals surface area contributed by atoms with Crippen molar-refractivity contribution >= 4 is 17.5 Å². The molecule has 2 aliphatic carbocycles. The first-order chi connectivity index (χ1) is 19.1. The number of aromatic nitrogens is 4. The molecule has 0 radical (unpaired) electrons. The number of rotatable bonds is 9. The molecule has 0 bridgehead atoms. The molecule has 8 heteroatoms. The molecule has 0 aliphatic heterocycles. The van der Waals surface area contributed by atoms with Crippen LogP contribution in [0.4, 0.5) is 0 Å². The fourth-order valence-corrected chi connectivity index (χ4v) is 6.05. The monoisotopic (exact) mass is 541 g/mol. The van der Waals surface area contributed by atoms with Gasteiger partial charge >= 0.3 is 0 Å². The van der Waals surface area contributed by atoms with Crippen LogP contribution in [0, 0.1) is 0 Å². The van der Waals surface area contributed by atoms with Crippen LogP contribution in [0.1, 0.15) is 44.1 Å². The van der Waals surface area contributed by atoms with Gasteiger partial charge in [0.15, 0.2) is 11.6 Å². The molecule has 2 aliphatic rings. The lowest BCUT2D eigenvalue weighted by atomic mass is 9.93. The fourth-order valence-electron chi connectivity index (χ4n) is 5.79. The smallest absolute Gasteiger partial charge is 0.233 e. The molecule has 7 nitrogen and oxygen atoms in total. The molecule has 0 unspecified atom stereocenters. The summed E-state index contributed by atoms with van der Waals surface area (Å²) in [6.45, 7) is 1.11.